The van der Waals surface area contributed by atoms with Gasteiger partial charge in [-0.2, -0.15) is 5.10 Å². The number of nitrogens with zero attached hydrogens (tertiary/aromatic N) is 2. The van der Waals surface area contributed by atoms with E-state index < -0.39 is 11.5 Å². The molecule has 16 heavy (non-hydrogen) atoms. The molecule has 0 aliphatic heterocycles. The Morgan fingerprint density at radius 1 is 1.50 bits per heavy atom. The molecule has 1 N–H and O–H groups in total. The van der Waals surface area contributed by atoms with Crippen LogP contribution in [0.5, 0.6) is 0 Å². The van der Waals surface area contributed by atoms with E-state index in [4.69, 9.17) is 0 Å². The van der Waals surface area contributed by atoms with Gasteiger partial charge in [0.05, 0.1) is 7.11 Å². The van der Waals surface area contributed by atoms with Crippen LogP contribution in [-0.2, 0) is 16.6 Å². The summed E-state index contributed by atoms with van der Waals surface area (Å²) in [4.78, 5) is 23.1. The number of nitrogens with one attached hydrogen (secondary N) is 1. The Kier molecular flexibility index (Phi) is 3.31. The molecule has 6 heteroatoms. The van der Waals surface area contributed by atoms with Crippen molar-refractivity contribution in [3.05, 3.63) is 18.0 Å². The molecule has 0 atom stereocenters. The van der Waals surface area contributed by atoms with E-state index in [0.717, 1.165) is 0 Å². The second kappa shape index (κ2) is 4.34. The third-order valence-corrected chi connectivity index (χ3v) is 2.18. The van der Waals surface area contributed by atoms with Crippen LogP contribution in [0.2, 0.25) is 0 Å². The molecule has 1 heterocycles. The van der Waals surface area contributed by atoms with Gasteiger partial charge in [-0.1, -0.05) is 0 Å². The molecular weight excluding hydrogens is 210 g/mol. The Hall–Kier alpha value is -1.85. The lowest BCUT2D eigenvalue weighted by Crippen LogP contribution is -2.50. The van der Waals surface area contributed by atoms with Crippen LogP contribution in [0.3, 0.4) is 0 Å². The molecule has 0 radical (unpaired) electrons. The first-order valence-electron chi connectivity index (χ1n) is 4.77. The van der Waals surface area contributed by atoms with E-state index in [0.29, 0.717) is 5.69 Å². The van der Waals surface area contributed by atoms with Crippen molar-refractivity contribution < 1.29 is 14.3 Å². The van der Waals surface area contributed by atoms with Gasteiger partial charge in [0.2, 0.25) is 0 Å². The van der Waals surface area contributed by atoms with Gasteiger partial charge in [0.15, 0.2) is 0 Å². The lowest BCUT2D eigenvalue weighted by Gasteiger charge is -2.22. The topological polar surface area (TPSA) is 73.2 Å². The monoisotopic (exact) mass is 225 g/mol. The van der Waals surface area contributed by atoms with Gasteiger partial charge in [0.1, 0.15) is 11.2 Å². The number of amides is 1. The Morgan fingerprint density at radius 2 is 2.12 bits per heavy atom. The molecule has 88 valence electrons. The second-order valence-electron chi connectivity index (χ2n) is 3.91. The van der Waals surface area contributed by atoms with Gasteiger partial charge in [-0.3, -0.25) is 9.48 Å². The SMILES string of the molecule is COC(=O)C(C)(C)NC(=O)c1ccnn1C. The minimum Gasteiger partial charge on any atom is -0.467 e. The van der Waals surface area contributed by atoms with E-state index in [2.05, 4.69) is 15.2 Å². The van der Waals surface area contributed by atoms with Gasteiger partial charge in [-0.15, -0.1) is 0 Å². The number of carbonyl (C=O) groups is 2. The van der Waals surface area contributed by atoms with Gasteiger partial charge < -0.3 is 10.1 Å². The molecule has 0 spiro atoms. The highest BCUT2D eigenvalue weighted by Gasteiger charge is 2.31. The molecule has 6 nitrogen and oxygen atoms in total. The summed E-state index contributed by atoms with van der Waals surface area (Å²) < 4.78 is 6.02. The van der Waals surface area contributed by atoms with Crippen molar-refractivity contribution in [2.75, 3.05) is 7.11 Å². The molecule has 0 aliphatic rings. The summed E-state index contributed by atoms with van der Waals surface area (Å²) in [6.07, 6.45) is 1.51. The Bertz CT molecular complexity index is 409. The van der Waals surface area contributed by atoms with Crippen molar-refractivity contribution in [3.63, 3.8) is 0 Å². The molecule has 1 rings (SSSR count). The predicted octanol–water partition coefficient (Wildman–Crippen LogP) is 0.101. The zero-order chi connectivity index (χ0) is 12.3. The van der Waals surface area contributed by atoms with Crippen LogP contribution < -0.4 is 5.32 Å². The molecule has 0 unspecified atom stereocenters. The summed E-state index contributed by atoms with van der Waals surface area (Å²) in [5.74, 6) is -0.863. The van der Waals surface area contributed by atoms with Crippen LogP contribution in [-0.4, -0.2) is 34.3 Å². The maximum Gasteiger partial charge on any atom is 0.330 e. The zero-order valence-electron chi connectivity index (χ0n) is 9.77. The third-order valence-electron chi connectivity index (χ3n) is 2.18. The lowest BCUT2D eigenvalue weighted by atomic mass is 10.1. The first-order valence-corrected chi connectivity index (χ1v) is 4.77. The highest BCUT2D eigenvalue weighted by molar-refractivity contribution is 5.96. The molecule has 0 bridgehead atoms. The number of aromatic nitrogens is 2. The van der Waals surface area contributed by atoms with E-state index >= 15 is 0 Å². The van der Waals surface area contributed by atoms with Crippen molar-refractivity contribution in [3.8, 4) is 0 Å². The molecule has 0 fully saturated rings. The van der Waals surface area contributed by atoms with E-state index in [1.165, 1.54) is 18.0 Å². The van der Waals surface area contributed by atoms with Gasteiger partial charge in [-0.25, -0.2) is 4.79 Å². The molecule has 1 aromatic heterocycles. The molecule has 0 aliphatic carbocycles. The van der Waals surface area contributed by atoms with Crippen LogP contribution in [0.4, 0.5) is 0 Å². The smallest absolute Gasteiger partial charge is 0.330 e. The van der Waals surface area contributed by atoms with Gasteiger partial charge in [-0.05, 0) is 19.9 Å². The fourth-order valence-corrected chi connectivity index (χ4v) is 1.25. The average molecular weight is 225 g/mol. The lowest BCUT2D eigenvalue weighted by molar-refractivity contribution is -0.146. The van der Waals surface area contributed by atoms with Gasteiger partial charge in [0, 0.05) is 13.2 Å². The molecule has 1 aromatic rings. The van der Waals surface area contributed by atoms with E-state index in [1.54, 1.807) is 27.0 Å². The van der Waals surface area contributed by atoms with Gasteiger partial charge >= 0.3 is 5.97 Å². The number of esters is 1. The standard InChI is InChI=1S/C10H15N3O3/c1-10(2,9(15)16-4)12-8(14)7-5-6-11-13(7)3/h5-6H,1-4H3,(H,12,14). The van der Waals surface area contributed by atoms with Crippen molar-refractivity contribution >= 4 is 11.9 Å². The normalized spacial score (nSPS) is 11.0. The maximum atomic E-state index is 11.8. The first kappa shape index (κ1) is 12.2. The quantitative estimate of drug-likeness (QED) is 0.740. The molecule has 1 amide bonds. The van der Waals surface area contributed by atoms with Crippen molar-refractivity contribution in [1.82, 2.24) is 15.1 Å². The summed E-state index contributed by atoms with van der Waals surface area (Å²) in [7, 11) is 2.93. The summed E-state index contributed by atoms with van der Waals surface area (Å²) in [5.41, 5.74) is -0.673. The van der Waals surface area contributed by atoms with Gasteiger partial charge in [0.25, 0.3) is 5.91 Å². The van der Waals surface area contributed by atoms with Crippen LogP contribution >= 0.6 is 0 Å². The van der Waals surface area contributed by atoms with Crippen molar-refractivity contribution in [2.45, 2.75) is 19.4 Å². The molecular formula is C10H15N3O3. The van der Waals surface area contributed by atoms with E-state index in [9.17, 15) is 9.59 Å². The summed E-state index contributed by atoms with van der Waals surface area (Å²) in [6.45, 7) is 3.15. The molecule has 0 saturated carbocycles. The van der Waals surface area contributed by atoms with Crippen molar-refractivity contribution in [1.29, 1.82) is 0 Å². The van der Waals surface area contributed by atoms with E-state index in [1.807, 2.05) is 0 Å². The van der Waals surface area contributed by atoms with Crippen molar-refractivity contribution in [2.24, 2.45) is 7.05 Å². The molecule has 0 aromatic carbocycles. The fourth-order valence-electron chi connectivity index (χ4n) is 1.25. The first-order chi connectivity index (χ1) is 7.38. The second-order valence-corrected chi connectivity index (χ2v) is 3.91. The number of hydrogen-bond donors (Lipinski definition) is 1. The Morgan fingerprint density at radius 3 is 2.56 bits per heavy atom. The summed E-state index contributed by atoms with van der Waals surface area (Å²) in [6, 6.07) is 1.57. The van der Waals surface area contributed by atoms with Crippen LogP contribution in [0, 0.1) is 0 Å². The number of methoxy groups -OCH3 is 1. The van der Waals surface area contributed by atoms with Crippen LogP contribution in [0.15, 0.2) is 12.3 Å². The number of carbonyl (C=O) groups excluding carboxylic acids is 2. The minimum atomic E-state index is -1.06. The number of rotatable bonds is 3. The Balaban J connectivity index is 2.79. The predicted molar refractivity (Wildman–Crippen MR) is 56.8 cm³/mol. The highest BCUT2D eigenvalue weighted by Crippen LogP contribution is 2.06. The van der Waals surface area contributed by atoms with Crippen LogP contribution in [0.25, 0.3) is 0 Å². The molecule has 0 saturated heterocycles. The number of ether oxygens (including phenoxy) is 1. The highest BCUT2D eigenvalue weighted by atomic mass is 16.5. The third kappa shape index (κ3) is 2.39. The number of hydrogen-bond acceptors (Lipinski definition) is 4. The Labute approximate surface area is 93.6 Å². The largest absolute Gasteiger partial charge is 0.467 e. The van der Waals surface area contributed by atoms with Crippen LogP contribution in [0.1, 0.15) is 24.3 Å². The zero-order valence-corrected chi connectivity index (χ0v) is 9.77. The fraction of sp³-hybridized carbons (Fsp3) is 0.500. The van der Waals surface area contributed by atoms with E-state index in [-0.39, 0.29) is 5.91 Å². The number of aryl methyl sites for hydroxylation is 1. The minimum absolute atomic E-state index is 0.365. The average Bonchev–Trinajstić information content (AvgIpc) is 2.62. The summed E-state index contributed by atoms with van der Waals surface area (Å²) >= 11 is 0. The summed E-state index contributed by atoms with van der Waals surface area (Å²) in [5, 5.41) is 6.45. The maximum absolute atomic E-state index is 11.8.